The summed E-state index contributed by atoms with van der Waals surface area (Å²) in [4.78, 5) is 42.0. The van der Waals surface area contributed by atoms with E-state index in [0.717, 1.165) is 29.7 Å². The SMILES string of the molecule is CCOC(=O)C1CCCN(C(=O)C2CCN(c3ccccc3-c3ccccc3)C2=O)C1. The number of esters is 1. The molecule has 6 nitrogen and oxygen atoms in total. The maximum absolute atomic E-state index is 13.3. The Labute approximate surface area is 182 Å². The molecule has 0 spiro atoms. The molecule has 2 aliphatic rings. The smallest absolute Gasteiger partial charge is 0.310 e. The summed E-state index contributed by atoms with van der Waals surface area (Å²) in [6.07, 6.45) is 1.95. The number of likely N-dealkylation sites (tertiary alicyclic amines) is 1. The van der Waals surface area contributed by atoms with Gasteiger partial charge in [0.1, 0.15) is 5.92 Å². The lowest BCUT2D eigenvalue weighted by atomic mass is 9.96. The van der Waals surface area contributed by atoms with Gasteiger partial charge in [-0.05, 0) is 37.8 Å². The van der Waals surface area contributed by atoms with E-state index >= 15 is 0 Å². The summed E-state index contributed by atoms with van der Waals surface area (Å²) in [7, 11) is 0. The molecule has 0 N–H and O–H groups in total. The first-order chi connectivity index (χ1) is 15.1. The normalized spacial score (nSPS) is 21.3. The number of piperidine rings is 1. The minimum atomic E-state index is -0.690. The first-order valence-electron chi connectivity index (χ1n) is 11.0. The van der Waals surface area contributed by atoms with Crippen molar-refractivity contribution in [3.8, 4) is 11.1 Å². The molecule has 162 valence electrons. The van der Waals surface area contributed by atoms with Crippen LogP contribution in [0.25, 0.3) is 11.1 Å². The Hall–Kier alpha value is -3.15. The summed E-state index contributed by atoms with van der Waals surface area (Å²) < 4.78 is 5.13. The lowest BCUT2D eigenvalue weighted by molar-refractivity contribution is -0.152. The van der Waals surface area contributed by atoms with Crippen molar-refractivity contribution in [1.29, 1.82) is 0 Å². The van der Waals surface area contributed by atoms with Gasteiger partial charge in [0, 0.05) is 25.2 Å². The monoisotopic (exact) mass is 420 g/mol. The minimum absolute atomic E-state index is 0.161. The van der Waals surface area contributed by atoms with Crippen molar-refractivity contribution in [2.45, 2.75) is 26.2 Å². The summed E-state index contributed by atoms with van der Waals surface area (Å²) in [5.74, 6) is -1.57. The predicted octanol–water partition coefficient (Wildman–Crippen LogP) is 3.51. The highest BCUT2D eigenvalue weighted by molar-refractivity contribution is 6.11. The number of ether oxygens (including phenoxy) is 1. The van der Waals surface area contributed by atoms with Gasteiger partial charge < -0.3 is 14.5 Å². The Morgan fingerprint density at radius 3 is 2.52 bits per heavy atom. The van der Waals surface area contributed by atoms with E-state index in [2.05, 4.69) is 0 Å². The lowest BCUT2D eigenvalue weighted by Gasteiger charge is -2.33. The van der Waals surface area contributed by atoms with Crippen LogP contribution in [0, 0.1) is 11.8 Å². The third-order valence-corrected chi connectivity index (χ3v) is 6.14. The first kappa shape index (κ1) is 21.1. The summed E-state index contributed by atoms with van der Waals surface area (Å²) >= 11 is 0. The van der Waals surface area contributed by atoms with Crippen LogP contribution in [0.1, 0.15) is 26.2 Å². The molecule has 2 amide bonds. The van der Waals surface area contributed by atoms with Crippen molar-refractivity contribution in [3.63, 3.8) is 0 Å². The minimum Gasteiger partial charge on any atom is -0.466 e. The van der Waals surface area contributed by atoms with Gasteiger partial charge in [0.25, 0.3) is 0 Å². The Morgan fingerprint density at radius 2 is 1.74 bits per heavy atom. The third kappa shape index (κ3) is 4.33. The van der Waals surface area contributed by atoms with Gasteiger partial charge in [-0.1, -0.05) is 48.5 Å². The molecule has 0 aromatic heterocycles. The van der Waals surface area contributed by atoms with E-state index in [1.807, 2.05) is 54.6 Å². The highest BCUT2D eigenvalue weighted by Crippen LogP contribution is 2.35. The summed E-state index contributed by atoms with van der Waals surface area (Å²) in [6.45, 7) is 3.54. The van der Waals surface area contributed by atoms with Crippen LogP contribution in [0.5, 0.6) is 0 Å². The molecule has 2 heterocycles. The summed E-state index contributed by atoms with van der Waals surface area (Å²) in [5, 5.41) is 0. The molecule has 31 heavy (non-hydrogen) atoms. The standard InChI is InChI=1S/C25H28N2O4/c1-2-31-25(30)19-11-8-15-26(17-19)23(28)21-14-16-27(24(21)29)22-13-7-6-12-20(22)18-9-4-3-5-10-18/h3-7,9-10,12-13,19,21H,2,8,11,14-17H2,1H3. The summed E-state index contributed by atoms with van der Waals surface area (Å²) in [5.41, 5.74) is 2.84. The zero-order chi connectivity index (χ0) is 21.8. The number of benzene rings is 2. The van der Waals surface area contributed by atoms with Crippen molar-refractivity contribution in [3.05, 3.63) is 54.6 Å². The van der Waals surface area contributed by atoms with Crippen LogP contribution >= 0.6 is 0 Å². The average molecular weight is 421 g/mol. The van der Waals surface area contributed by atoms with Crippen LogP contribution < -0.4 is 4.90 Å². The Kier molecular flexibility index (Phi) is 6.35. The summed E-state index contributed by atoms with van der Waals surface area (Å²) in [6, 6.07) is 17.8. The molecular weight excluding hydrogens is 392 g/mol. The second kappa shape index (κ2) is 9.33. The van der Waals surface area contributed by atoms with Crippen molar-refractivity contribution < 1.29 is 19.1 Å². The molecule has 2 unspecified atom stereocenters. The largest absolute Gasteiger partial charge is 0.466 e. The molecule has 2 aromatic rings. The number of nitrogens with zero attached hydrogens (tertiary/aromatic N) is 2. The quantitative estimate of drug-likeness (QED) is 0.548. The topological polar surface area (TPSA) is 66.9 Å². The molecule has 2 fully saturated rings. The second-order valence-corrected chi connectivity index (χ2v) is 8.09. The Balaban J connectivity index is 1.50. The highest BCUT2D eigenvalue weighted by atomic mass is 16.5. The highest BCUT2D eigenvalue weighted by Gasteiger charge is 2.42. The fraction of sp³-hybridized carbons (Fsp3) is 0.400. The number of carbonyl (C=O) groups excluding carboxylic acids is 3. The van der Waals surface area contributed by atoms with E-state index in [1.165, 1.54) is 0 Å². The molecule has 2 atom stereocenters. The average Bonchev–Trinajstić information content (AvgIpc) is 3.20. The molecule has 2 aliphatic heterocycles. The fourth-order valence-corrected chi connectivity index (χ4v) is 4.57. The molecule has 2 saturated heterocycles. The van der Waals surface area contributed by atoms with Crippen molar-refractivity contribution in [2.24, 2.45) is 11.8 Å². The van der Waals surface area contributed by atoms with Crippen LogP contribution in [-0.4, -0.2) is 48.9 Å². The number of rotatable bonds is 5. The van der Waals surface area contributed by atoms with Crippen molar-refractivity contribution in [1.82, 2.24) is 4.90 Å². The van der Waals surface area contributed by atoms with Crippen LogP contribution in [0.15, 0.2) is 54.6 Å². The first-order valence-corrected chi connectivity index (χ1v) is 11.0. The van der Waals surface area contributed by atoms with Gasteiger partial charge >= 0.3 is 5.97 Å². The number of anilines is 1. The van der Waals surface area contributed by atoms with Crippen LogP contribution in [0.2, 0.25) is 0 Å². The van der Waals surface area contributed by atoms with Gasteiger partial charge in [-0.3, -0.25) is 14.4 Å². The fourth-order valence-electron chi connectivity index (χ4n) is 4.57. The van der Waals surface area contributed by atoms with Gasteiger partial charge in [-0.25, -0.2) is 0 Å². The molecule has 6 heteroatoms. The van der Waals surface area contributed by atoms with E-state index < -0.39 is 5.92 Å². The van der Waals surface area contributed by atoms with Crippen LogP contribution in [0.3, 0.4) is 0 Å². The lowest BCUT2D eigenvalue weighted by Crippen LogP contribution is -2.46. The molecule has 0 aliphatic carbocycles. The number of para-hydroxylation sites is 1. The van der Waals surface area contributed by atoms with Gasteiger partial charge in [0.2, 0.25) is 11.8 Å². The van der Waals surface area contributed by atoms with Gasteiger partial charge in [-0.15, -0.1) is 0 Å². The Morgan fingerprint density at radius 1 is 1.00 bits per heavy atom. The maximum Gasteiger partial charge on any atom is 0.310 e. The van der Waals surface area contributed by atoms with E-state index in [-0.39, 0.29) is 23.7 Å². The van der Waals surface area contributed by atoms with Crippen LogP contribution in [0.4, 0.5) is 5.69 Å². The van der Waals surface area contributed by atoms with Crippen molar-refractivity contribution in [2.75, 3.05) is 31.1 Å². The molecule has 0 saturated carbocycles. The molecular formula is C25H28N2O4. The number of amides is 2. The number of hydrogen-bond donors (Lipinski definition) is 0. The predicted molar refractivity (Wildman–Crippen MR) is 118 cm³/mol. The number of hydrogen-bond acceptors (Lipinski definition) is 4. The molecule has 2 aromatic carbocycles. The zero-order valence-corrected chi connectivity index (χ0v) is 17.8. The van der Waals surface area contributed by atoms with E-state index in [0.29, 0.717) is 32.7 Å². The molecule has 0 bridgehead atoms. The van der Waals surface area contributed by atoms with E-state index in [9.17, 15) is 14.4 Å². The Bertz CT molecular complexity index is 959. The number of carbonyl (C=O) groups is 3. The van der Waals surface area contributed by atoms with Crippen LogP contribution in [-0.2, 0) is 19.1 Å². The van der Waals surface area contributed by atoms with E-state index in [4.69, 9.17) is 4.74 Å². The van der Waals surface area contributed by atoms with Gasteiger partial charge in [-0.2, -0.15) is 0 Å². The van der Waals surface area contributed by atoms with Crippen molar-refractivity contribution >= 4 is 23.5 Å². The maximum atomic E-state index is 13.3. The third-order valence-electron chi connectivity index (χ3n) is 6.14. The van der Waals surface area contributed by atoms with Gasteiger partial charge in [0.05, 0.1) is 18.2 Å². The second-order valence-electron chi connectivity index (χ2n) is 8.09. The van der Waals surface area contributed by atoms with Gasteiger partial charge in [0.15, 0.2) is 0 Å². The molecule has 0 radical (unpaired) electrons. The molecule has 4 rings (SSSR count). The zero-order valence-electron chi connectivity index (χ0n) is 17.8. The van der Waals surface area contributed by atoms with E-state index in [1.54, 1.807) is 16.7 Å².